The average molecular weight is 338 g/mol. The standard InChI is InChI=1S/C16H26N4O2S/c1-17-16(18-8-9-23-4)19-11-13-6-5-7-14(10-13)22-12-15(21)20(2)3/h5-7,10H,8-9,11-12H2,1-4H3,(H2,17,18,19). The number of carbonyl (C=O) groups is 1. The maximum absolute atomic E-state index is 11.5. The summed E-state index contributed by atoms with van der Waals surface area (Å²) in [5, 5.41) is 6.50. The minimum atomic E-state index is -0.0630. The molecule has 7 heteroatoms. The first kappa shape index (κ1) is 19.2. The van der Waals surface area contributed by atoms with Gasteiger partial charge in [0.15, 0.2) is 12.6 Å². The average Bonchev–Trinajstić information content (AvgIpc) is 2.56. The first-order valence-electron chi connectivity index (χ1n) is 7.42. The van der Waals surface area contributed by atoms with Crippen molar-refractivity contribution in [2.45, 2.75) is 6.54 Å². The number of hydrogen-bond donors (Lipinski definition) is 2. The number of likely N-dealkylation sites (N-methyl/N-ethyl adjacent to an activating group) is 1. The second-order valence-electron chi connectivity index (χ2n) is 5.07. The number of nitrogens with zero attached hydrogens (tertiary/aromatic N) is 2. The fourth-order valence-electron chi connectivity index (χ4n) is 1.70. The number of aliphatic imine (C=N–C) groups is 1. The molecule has 0 spiro atoms. The molecule has 0 aromatic heterocycles. The molecule has 0 radical (unpaired) electrons. The molecule has 128 valence electrons. The predicted octanol–water partition coefficient (Wildman–Crippen LogP) is 1.18. The zero-order chi connectivity index (χ0) is 17.1. The maximum Gasteiger partial charge on any atom is 0.259 e. The van der Waals surface area contributed by atoms with E-state index in [2.05, 4.69) is 21.9 Å². The molecule has 1 aromatic carbocycles. The van der Waals surface area contributed by atoms with Gasteiger partial charge >= 0.3 is 0 Å². The molecular weight excluding hydrogens is 312 g/mol. The molecule has 0 bridgehead atoms. The Morgan fingerprint density at radius 1 is 1.35 bits per heavy atom. The van der Waals surface area contributed by atoms with E-state index in [1.54, 1.807) is 32.9 Å². The smallest absolute Gasteiger partial charge is 0.259 e. The van der Waals surface area contributed by atoms with Crippen LogP contribution in [0.1, 0.15) is 5.56 Å². The number of ether oxygens (including phenoxy) is 1. The summed E-state index contributed by atoms with van der Waals surface area (Å²) in [6.07, 6.45) is 2.07. The highest BCUT2D eigenvalue weighted by Gasteiger charge is 2.05. The Bertz CT molecular complexity index is 521. The quantitative estimate of drug-likeness (QED) is 0.423. The van der Waals surface area contributed by atoms with Crippen LogP contribution in [0.25, 0.3) is 0 Å². The second-order valence-corrected chi connectivity index (χ2v) is 6.06. The molecule has 2 N–H and O–H groups in total. The van der Waals surface area contributed by atoms with Gasteiger partial charge in [0.05, 0.1) is 0 Å². The molecule has 1 amide bonds. The first-order valence-corrected chi connectivity index (χ1v) is 8.81. The van der Waals surface area contributed by atoms with Crippen molar-refractivity contribution in [1.82, 2.24) is 15.5 Å². The Morgan fingerprint density at radius 3 is 2.78 bits per heavy atom. The number of hydrogen-bond acceptors (Lipinski definition) is 4. The number of guanidine groups is 1. The SMILES string of the molecule is CN=C(NCCSC)NCc1cccc(OCC(=O)N(C)C)c1. The summed E-state index contributed by atoms with van der Waals surface area (Å²) in [6, 6.07) is 7.68. The Hall–Kier alpha value is -1.89. The molecule has 6 nitrogen and oxygen atoms in total. The van der Waals surface area contributed by atoms with E-state index >= 15 is 0 Å². The van der Waals surface area contributed by atoms with E-state index < -0.39 is 0 Å². The lowest BCUT2D eigenvalue weighted by Crippen LogP contribution is -2.37. The minimum Gasteiger partial charge on any atom is -0.484 e. The van der Waals surface area contributed by atoms with Crippen LogP contribution in [-0.4, -0.2) is 63.1 Å². The van der Waals surface area contributed by atoms with Crippen LogP contribution in [0, 0.1) is 0 Å². The molecule has 1 rings (SSSR count). The summed E-state index contributed by atoms with van der Waals surface area (Å²) in [5.74, 6) is 2.43. The number of carbonyl (C=O) groups excluding carboxylic acids is 1. The van der Waals surface area contributed by atoms with E-state index in [4.69, 9.17) is 4.74 Å². The number of thioether (sulfide) groups is 1. The zero-order valence-corrected chi connectivity index (χ0v) is 15.1. The topological polar surface area (TPSA) is 66.0 Å². The molecule has 0 heterocycles. The molecular formula is C16H26N4O2S. The van der Waals surface area contributed by atoms with Gasteiger partial charge < -0.3 is 20.3 Å². The Morgan fingerprint density at radius 2 is 2.13 bits per heavy atom. The van der Waals surface area contributed by atoms with Crippen LogP contribution >= 0.6 is 11.8 Å². The molecule has 0 saturated carbocycles. The van der Waals surface area contributed by atoms with Gasteiger partial charge in [-0.3, -0.25) is 9.79 Å². The predicted molar refractivity (Wildman–Crippen MR) is 97.2 cm³/mol. The van der Waals surface area contributed by atoms with Crippen LogP contribution in [-0.2, 0) is 11.3 Å². The van der Waals surface area contributed by atoms with Crippen LogP contribution < -0.4 is 15.4 Å². The Balaban J connectivity index is 2.48. The van der Waals surface area contributed by atoms with Gasteiger partial charge in [-0.25, -0.2) is 0 Å². The molecule has 23 heavy (non-hydrogen) atoms. The van der Waals surface area contributed by atoms with Crippen LogP contribution in [0.3, 0.4) is 0 Å². The van der Waals surface area contributed by atoms with Gasteiger partial charge in [-0.1, -0.05) is 12.1 Å². The van der Waals surface area contributed by atoms with Crippen molar-refractivity contribution in [3.63, 3.8) is 0 Å². The summed E-state index contributed by atoms with van der Waals surface area (Å²) >= 11 is 1.79. The number of nitrogens with one attached hydrogen (secondary N) is 2. The van der Waals surface area contributed by atoms with Gasteiger partial charge in [0, 0.05) is 40.0 Å². The van der Waals surface area contributed by atoms with Crippen molar-refractivity contribution < 1.29 is 9.53 Å². The van der Waals surface area contributed by atoms with Crippen molar-refractivity contribution in [3.8, 4) is 5.75 Å². The minimum absolute atomic E-state index is 0.0434. The maximum atomic E-state index is 11.5. The normalized spacial score (nSPS) is 11.0. The second kappa shape index (κ2) is 10.8. The molecule has 1 aromatic rings. The molecule has 0 aliphatic carbocycles. The monoisotopic (exact) mass is 338 g/mol. The van der Waals surface area contributed by atoms with Gasteiger partial charge in [-0.05, 0) is 24.0 Å². The largest absolute Gasteiger partial charge is 0.484 e. The summed E-state index contributed by atoms with van der Waals surface area (Å²) < 4.78 is 5.51. The number of amides is 1. The van der Waals surface area contributed by atoms with Crippen LogP contribution in [0.5, 0.6) is 5.75 Å². The highest BCUT2D eigenvalue weighted by Crippen LogP contribution is 2.13. The fourth-order valence-corrected chi connectivity index (χ4v) is 2.00. The highest BCUT2D eigenvalue weighted by molar-refractivity contribution is 7.98. The van der Waals surface area contributed by atoms with Gasteiger partial charge in [-0.2, -0.15) is 11.8 Å². The third-order valence-corrected chi connectivity index (χ3v) is 3.65. The van der Waals surface area contributed by atoms with Crippen molar-refractivity contribution in [3.05, 3.63) is 29.8 Å². The van der Waals surface area contributed by atoms with Crippen LogP contribution in [0.15, 0.2) is 29.3 Å². The van der Waals surface area contributed by atoms with E-state index in [9.17, 15) is 4.79 Å². The van der Waals surface area contributed by atoms with Crippen molar-refractivity contribution >= 4 is 23.6 Å². The summed E-state index contributed by atoms with van der Waals surface area (Å²) in [5.41, 5.74) is 1.06. The number of rotatable bonds is 8. The van der Waals surface area contributed by atoms with Crippen LogP contribution in [0.4, 0.5) is 0 Å². The van der Waals surface area contributed by atoms with E-state index in [1.165, 1.54) is 4.90 Å². The molecule has 0 aliphatic rings. The Labute approximate surface area is 142 Å². The van der Waals surface area contributed by atoms with Crippen molar-refractivity contribution in [2.24, 2.45) is 4.99 Å². The Kier molecular flexibility index (Phi) is 8.97. The summed E-state index contributed by atoms with van der Waals surface area (Å²) in [7, 11) is 5.17. The lowest BCUT2D eigenvalue weighted by Gasteiger charge is -2.13. The van der Waals surface area contributed by atoms with E-state index in [0.717, 1.165) is 23.8 Å². The fraction of sp³-hybridized carbons (Fsp3) is 0.500. The van der Waals surface area contributed by atoms with Crippen molar-refractivity contribution in [2.75, 3.05) is 46.3 Å². The molecule has 0 fully saturated rings. The zero-order valence-electron chi connectivity index (χ0n) is 14.3. The van der Waals surface area contributed by atoms with E-state index in [-0.39, 0.29) is 12.5 Å². The summed E-state index contributed by atoms with van der Waals surface area (Å²) in [6.45, 7) is 1.55. The molecule has 0 saturated heterocycles. The van der Waals surface area contributed by atoms with Gasteiger partial charge in [0.1, 0.15) is 5.75 Å². The highest BCUT2D eigenvalue weighted by atomic mass is 32.2. The first-order chi connectivity index (χ1) is 11.1. The lowest BCUT2D eigenvalue weighted by atomic mass is 10.2. The van der Waals surface area contributed by atoms with Gasteiger partial charge in [0.25, 0.3) is 5.91 Å². The van der Waals surface area contributed by atoms with Gasteiger partial charge in [-0.15, -0.1) is 0 Å². The lowest BCUT2D eigenvalue weighted by molar-refractivity contribution is -0.130. The number of benzene rings is 1. The molecule has 0 aliphatic heterocycles. The van der Waals surface area contributed by atoms with E-state index in [1.807, 2.05) is 24.3 Å². The summed E-state index contributed by atoms with van der Waals surface area (Å²) in [4.78, 5) is 17.2. The van der Waals surface area contributed by atoms with Crippen LogP contribution in [0.2, 0.25) is 0 Å². The third kappa shape index (κ3) is 7.78. The van der Waals surface area contributed by atoms with Crippen molar-refractivity contribution in [1.29, 1.82) is 0 Å². The van der Waals surface area contributed by atoms with E-state index in [0.29, 0.717) is 12.3 Å². The molecule has 0 unspecified atom stereocenters. The van der Waals surface area contributed by atoms with Gasteiger partial charge in [0.2, 0.25) is 0 Å². The third-order valence-electron chi connectivity index (χ3n) is 3.04. The molecule has 0 atom stereocenters.